The fourth-order valence-electron chi connectivity index (χ4n) is 2.64. The van der Waals surface area contributed by atoms with Crippen molar-refractivity contribution in [3.8, 4) is 0 Å². The van der Waals surface area contributed by atoms with Crippen molar-refractivity contribution < 1.29 is 19.1 Å². The van der Waals surface area contributed by atoms with Gasteiger partial charge in [-0.25, -0.2) is 9.59 Å². The van der Waals surface area contributed by atoms with Crippen molar-refractivity contribution in [1.82, 2.24) is 4.90 Å². The Morgan fingerprint density at radius 2 is 1.95 bits per heavy atom. The zero-order valence-electron chi connectivity index (χ0n) is 13.8. The molecule has 1 aliphatic rings. The highest BCUT2D eigenvalue weighted by atomic mass is 16.6. The Bertz CT molecular complexity index is 589. The molecule has 0 N–H and O–H groups in total. The molecule has 22 heavy (non-hydrogen) atoms. The molecule has 0 bridgehead atoms. The number of carbonyl (C=O) groups is 2. The van der Waals surface area contributed by atoms with Gasteiger partial charge in [0.15, 0.2) is 6.04 Å². The molecule has 1 atom stereocenters. The monoisotopic (exact) mass is 305 g/mol. The molecule has 1 aliphatic heterocycles. The van der Waals surface area contributed by atoms with Crippen LogP contribution in [0, 0.1) is 6.92 Å². The number of rotatable bonds is 1. The van der Waals surface area contributed by atoms with Crippen LogP contribution >= 0.6 is 0 Å². The van der Waals surface area contributed by atoms with Crippen LogP contribution in [0.2, 0.25) is 0 Å². The highest BCUT2D eigenvalue weighted by molar-refractivity contribution is 5.84. The third kappa shape index (κ3) is 3.40. The number of hydrogen-bond acceptors (Lipinski definition) is 4. The third-order valence-corrected chi connectivity index (χ3v) is 3.58. The maximum absolute atomic E-state index is 12.4. The van der Waals surface area contributed by atoms with Gasteiger partial charge in [0.2, 0.25) is 0 Å². The number of nitrogens with zero attached hydrogens (tertiary/aromatic N) is 1. The SMILES string of the molecule is COC(=O)C1c2ccc(C)cc2CCN1C(=O)OC(C)(C)C. The Hall–Kier alpha value is -2.04. The summed E-state index contributed by atoms with van der Waals surface area (Å²) in [5, 5.41) is 0. The molecule has 5 heteroatoms. The summed E-state index contributed by atoms with van der Waals surface area (Å²) < 4.78 is 10.3. The smallest absolute Gasteiger partial charge is 0.411 e. The van der Waals surface area contributed by atoms with Gasteiger partial charge in [0.25, 0.3) is 0 Å². The number of benzene rings is 1. The Morgan fingerprint density at radius 3 is 2.55 bits per heavy atom. The summed E-state index contributed by atoms with van der Waals surface area (Å²) in [5.74, 6) is -0.448. The van der Waals surface area contributed by atoms with Crippen LogP contribution in [0.1, 0.15) is 43.5 Å². The number of carbonyl (C=O) groups excluding carboxylic acids is 2. The molecular formula is C17H23NO4. The van der Waals surface area contributed by atoms with Crippen molar-refractivity contribution in [2.75, 3.05) is 13.7 Å². The second-order valence-corrected chi connectivity index (χ2v) is 6.55. The van der Waals surface area contributed by atoms with E-state index < -0.39 is 23.7 Å². The molecule has 0 aliphatic carbocycles. The summed E-state index contributed by atoms with van der Waals surface area (Å²) in [6, 6.07) is 5.14. The predicted molar refractivity (Wildman–Crippen MR) is 82.6 cm³/mol. The first-order valence-corrected chi connectivity index (χ1v) is 7.40. The lowest BCUT2D eigenvalue weighted by Gasteiger charge is -2.36. The van der Waals surface area contributed by atoms with Gasteiger partial charge in [0, 0.05) is 6.54 Å². The Balaban J connectivity index is 2.37. The molecule has 120 valence electrons. The number of hydrogen-bond donors (Lipinski definition) is 0. The summed E-state index contributed by atoms with van der Waals surface area (Å²) in [6.45, 7) is 7.86. The summed E-state index contributed by atoms with van der Waals surface area (Å²) in [4.78, 5) is 26.1. The molecule has 1 aromatic carbocycles. The second kappa shape index (κ2) is 5.99. The largest absolute Gasteiger partial charge is 0.467 e. The van der Waals surface area contributed by atoms with Crippen LogP contribution in [0.15, 0.2) is 18.2 Å². The maximum atomic E-state index is 12.4. The highest BCUT2D eigenvalue weighted by Crippen LogP contribution is 2.32. The van der Waals surface area contributed by atoms with E-state index >= 15 is 0 Å². The number of aryl methyl sites for hydroxylation is 1. The zero-order valence-corrected chi connectivity index (χ0v) is 13.8. The van der Waals surface area contributed by atoms with Crippen molar-refractivity contribution in [3.63, 3.8) is 0 Å². The van der Waals surface area contributed by atoms with E-state index in [4.69, 9.17) is 9.47 Å². The minimum atomic E-state index is -0.746. The fourth-order valence-corrected chi connectivity index (χ4v) is 2.64. The molecule has 1 amide bonds. The average Bonchev–Trinajstić information content (AvgIpc) is 2.43. The van der Waals surface area contributed by atoms with Crippen molar-refractivity contribution in [2.24, 2.45) is 0 Å². The van der Waals surface area contributed by atoms with Crippen LogP contribution in [0.3, 0.4) is 0 Å². The van der Waals surface area contributed by atoms with Crippen LogP contribution in [0.4, 0.5) is 4.79 Å². The van der Waals surface area contributed by atoms with Gasteiger partial charge in [-0.1, -0.05) is 23.8 Å². The molecule has 1 unspecified atom stereocenters. The zero-order chi connectivity index (χ0) is 16.5. The summed E-state index contributed by atoms with van der Waals surface area (Å²) in [7, 11) is 1.33. The van der Waals surface area contributed by atoms with E-state index in [1.54, 1.807) is 20.8 Å². The summed E-state index contributed by atoms with van der Waals surface area (Å²) >= 11 is 0. The molecule has 0 saturated heterocycles. The average molecular weight is 305 g/mol. The molecular weight excluding hydrogens is 282 g/mol. The van der Waals surface area contributed by atoms with Crippen molar-refractivity contribution in [1.29, 1.82) is 0 Å². The van der Waals surface area contributed by atoms with Crippen LogP contribution in [-0.4, -0.2) is 36.2 Å². The number of esters is 1. The van der Waals surface area contributed by atoms with E-state index in [9.17, 15) is 9.59 Å². The number of amides is 1. The van der Waals surface area contributed by atoms with Gasteiger partial charge in [-0.15, -0.1) is 0 Å². The van der Waals surface area contributed by atoms with Crippen LogP contribution in [0.25, 0.3) is 0 Å². The molecule has 1 aromatic rings. The lowest BCUT2D eigenvalue weighted by Crippen LogP contribution is -2.46. The molecule has 5 nitrogen and oxygen atoms in total. The van der Waals surface area contributed by atoms with Crippen LogP contribution < -0.4 is 0 Å². The number of methoxy groups -OCH3 is 1. The van der Waals surface area contributed by atoms with Gasteiger partial charge in [-0.3, -0.25) is 4.90 Å². The van der Waals surface area contributed by atoms with E-state index in [0.717, 1.165) is 16.7 Å². The first kappa shape index (κ1) is 16.3. The molecule has 0 radical (unpaired) electrons. The number of ether oxygens (including phenoxy) is 2. The normalized spacial score (nSPS) is 17.7. The Labute approximate surface area is 131 Å². The van der Waals surface area contributed by atoms with Crippen LogP contribution in [-0.2, 0) is 20.7 Å². The quantitative estimate of drug-likeness (QED) is 0.748. The van der Waals surface area contributed by atoms with Crippen molar-refractivity contribution >= 4 is 12.1 Å². The lowest BCUT2D eigenvalue weighted by molar-refractivity contribution is -0.147. The minimum absolute atomic E-state index is 0.436. The second-order valence-electron chi connectivity index (χ2n) is 6.55. The standard InChI is InChI=1S/C17H23NO4/c1-11-6-7-13-12(10-11)8-9-18(14(13)15(19)21-5)16(20)22-17(2,3)4/h6-7,10,14H,8-9H2,1-5H3. The summed E-state index contributed by atoms with van der Waals surface area (Å²) in [6.07, 6.45) is 0.207. The molecule has 2 rings (SSSR count). The molecule has 0 fully saturated rings. The number of fused-ring (bicyclic) bond motifs is 1. The predicted octanol–water partition coefficient (Wildman–Crippen LogP) is 3.00. The van der Waals surface area contributed by atoms with Crippen molar-refractivity contribution in [3.05, 3.63) is 34.9 Å². The lowest BCUT2D eigenvalue weighted by atomic mass is 9.91. The topological polar surface area (TPSA) is 55.8 Å². The fraction of sp³-hybridized carbons (Fsp3) is 0.529. The van der Waals surface area contributed by atoms with Gasteiger partial charge < -0.3 is 9.47 Å². The Kier molecular flexibility index (Phi) is 4.44. The van der Waals surface area contributed by atoms with E-state index in [-0.39, 0.29) is 0 Å². The third-order valence-electron chi connectivity index (χ3n) is 3.58. The Morgan fingerprint density at radius 1 is 1.27 bits per heavy atom. The summed E-state index contributed by atoms with van der Waals surface area (Å²) in [5.41, 5.74) is 2.42. The van der Waals surface area contributed by atoms with Gasteiger partial charge in [-0.2, -0.15) is 0 Å². The van der Waals surface area contributed by atoms with E-state index in [1.165, 1.54) is 12.0 Å². The van der Waals surface area contributed by atoms with E-state index in [0.29, 0.717) is 13.0 Å². The molecule has 0 spiro atoms. The van der Waals surface area contributed by atoms with Gasteiger partial charge >= 0.3 is 12.1 Å². The van der Waals surface area contributed by atoms with Crippen molar-refractivity contribution in [2.45, 2.75) is 45.8 Å². The highest BCUT2D eigenvalue weighted by Gasteiger charge is 2.38. The van der Waals surface area contributed by atoms with Gasteiger partial charge in [0.05, 0.1) is 7.11 Å². The minimum Gasteiger partial charge on any atom is -0.467 e. The molecule has 0 aromatic heterocycles. The van der Waals surface area contributed by atoms with Gasteiger partial charge in [-0.05, 0) is 45.2 Å². The molecule has 1 heterocycles. The molecule has 0 saturated carbocycles. The van der Waals surface area contributed by atoms with Crippen LogP contribution in [0.5, 0.6) is 0 Å². The first-order valence-electron chi connectivity index (χ1n) is 7.40. The van der Waals surface area contributed by atoms with Gasteiger partial charge in [0.1, 0.15) is 5.60 Å². The first-order chi connectivity index (χ1) is 10.2. The van der Waals surface area contributed by atoms with E-state index in [1.807, 2.05) is 19.1 Å². The van der Waals surface area contributed by atoms with E-state index in [2.05, 4.69) is 6.07 Å². The maximum Gasteiger partial charge on any atom is 0.411 e.